The summed E-state index contributed by atoms with van der Waals surface area (Å²) >= 11 is 0. The van der Waals surface area contributed by atoms with Gasteiger partial charge in [0.2, 0.25) is 0 Å². The summed E-state index contributed by atoms with van der Waals surface area (Å²) < 4.78 is 19.3. The lowest BCUT2D eigenvalue weighted by atomic mass is 9.77. The van der Waals surface area contributed by atoms with Crippen LogP contribution in [0.1, 0.15) is 52.5 Å². The Morgan fingerprint density at radius 1 is 1.20 bits per heavy atom. The van der Waals surface area contributed by atoms with E-state index in [1.165, 1.54) is 6.07 Å². The molecule has 1 fully saturated rings. The third kappa shape index (κ3) is 5.28. The van der Waals surface area contributed by atoms with Crippen LogP contribution in [0.15, 0.2) is 24.3 Å². The van der Waals surface area contributed by atoms with Crippen molar-refractivity contribution in [2.45, 2.75) is 59.0 Å². The van der Waals surface area contributed by atoms with E-state index in [1.54, 1.807) is 23.1 Å². The van der Waals surface area contributed by atoms with Crippen molar-refractivity contribution in [3.05, 3.63) is 35.6 Å². The highest BCUT2D eigenvalue weighted by Crippen LogP contribution is 2.33. The van der Waals surface area contributed by atoms with Gasteiger partial charge in [-0.05, 0) is 51.7 Å². The van der Waals surface area contributed by atoms with E-state index >= 15 is 0 Å². The fourth-order valence-corrected chi connectivity index (χ4v) is 3.09. The molecule has 138 valence electrons. The Labute approximate surface area is 149 Å². The monoisotopic (exact) mass is 349 g/mol. The van der Waals surface area contributed by atoms with Crippen LogP contribution in [-0.4, -0.2) is 35.5 Å². The van der Waals surface area contributed by atoms with Crippen LogP contribution in [-0.2, 0) is 16.0 Å². The first-order chi connectivity index (χ1) is 11.6. The number of hydrogen-bond donors (Lipinski definition) is 0. The minimum atomic E-state index is -0.543. The number of carbonyl (C=O) groups is 2. The second-order valence-electron chi connectivity index (χ2n) is 8.07. The highest BCUT2D eigenvalue weighted by molar-refractivity contribution is 5.86. The minimum Gasteiger partial charge on any atom is -0.444 e. The molecule has 1 aliphatic rings. The number of hydrogen-bond acceptors (Lipinski definition) is 3. The zero-order valence-electron chi connectivity index (χ0n) is 15.6. The first kappa shape index (κ1) is 19.4. The molecule has 25 heavy (non-hydrogen) atoms. The summed E-state index contributed by atoms with van der Waals surface area (Å²) in [7, 11) is 0. The van der Waals surface area contributed by atoms with E-state index < -0.39 is 11.0 Å². The lowest BCUT2D eigenvalue weighted by Crippen LogP contribution is -2.38. The van der Waals surface area contributed by atoms with Crippen molar-refractivity contribution >= 4 is 11.9 Å². The Morgan fingerprint density at radius 3 is 2.52 bits per heavy atom. The topological polar surface area (TPSA) is 46.6 Å². The Kier molecular flexibility index (Phi) is 5.86. The maximum absolute atomic E-state index is 13.8. The van der Waals surface area contributed by atoms with Gasteiger partial charge < -0.3 is 9.64 Å². The number of ketones is 1. The minimum absolute atomic E-state index is 0.0311. The molecular formula is C20H28FNO3. The van der Waals surface area contributed by atoms with Gasteiger partial charge >= 0.3 is 6.09 Å². The molecule has 1 heterocycles. The SMILES string of the molecule is CC(C)(C)OC(=O)N1CCCC(C)(C(=O)Cc2ccccc2F)CC1. The van der Waals surface area contributed by atoms with E-state index in [2.05, 4.69) is 0 Å². The summed E-state index contributed by atoms with van der Waals surface area (Å²) in [5.74, 6) is -0.313. The molecule has 0 radical (unpaired) electrons. The first-order valence-corrected chi connectivity index (χ1v) is 8.85. The molecule has 0 spiro atoms. The average Bonchev–Trinajstić information content (AvgIpc) is 2.71. The van der Waals surface area contributed by atoms with E-state index in [0.717, 1.165) is 6.42 Å². The maximum atomic E-state index is 13.8. The van der Waals surface area contributed by atoms with E-state index in [9.17, 15) is 14.0 Å². The molecule has 1 atom stereocenters. The van der Waals surface area contributed by atoms with Crippen LogP contribution in [0.4, 0.5) is 9.18 Å². The van der Waals surface area contributed by atoms with Crippen LogP contribution in [0.3, 0.4) is 0 Å². The van der Waals surface area contributed by atoms with Crippen LogP contribution < -0.4 is 0 Å². The second-order valence-corrected chi connectivity index (χ2v) is 8.07. The molecule has 0 aliphatic carbocycles. The summed E-state index contributed by atoms with van der Waals surface area (Å²) in [6.07, 6.45) is 1.76. The van der Waals surface area contributed by atoms with Gasteiger partial charge in [0, 0.05) is 24.9 Å². The summed E-state index contributed by atoms with van der Waals surface area (Å²) in [5, 5.41) is 0. The van der Waals surface area contributed by atoms with Gasteiger partial charge in [-0.15, -0.1) is 0 Å². The molecule has 0 bridgehead atoms. The highest BCUT2D eigenvalue weighted by Gasteiger charge is 2.36. The molecule has 5 heteroatoms. The summed E-state index contributed by atoms with van der Waals surface area (Å²) in [6, 6.07) is 6.39. The smallest absolute Gasteiger partial charge is 0.410 e. The molecule has 2 rings (SSSR count). The number of halogens is 1. The van der Waals surface area contributed by atoms with Gasteiger partial charge in [-0.1, -0.05) is 25.1 Å². The largest absolute Gasteiger partial charge is 0.444 e. The first-order valence-electron chi connectivity index (χ1n) is 8.85. The number of nitrogens with zero attached hydrogens (tertiary/aromatic N) is 1. The number of likely N-dealkylation sites (tertiary alicyclic amines) is 1. The molecule has 4 nitrogen and oxygen atoms in total. The van der Waals surface area contributed by atoms with Crippen LogP contribution in [0, 0.1) is 11.2 Å². The van der Waals surface area contributed by atoms with Gasteiger partial charge in [0.05, 0.1) is 0 Å². The molecular weight excluding hydrogens is 321 g/mol. The third-order valence-electron chi connectivity index (χ3n) is 4.72. The van der Waals surface area contributed by atoms with Gasteiger partial charge in [-0.3, -0.25) is 4.79 Å². The van der Waals surface area contributed by atoms with Crippen LogP contribution in [0.5, 0.6) is 0 Å². The molecule has 1 aromatic rings. The van der Waals surface area contributed by atoms with Crippen molar-refractivity contribution in [1.29, 1.82) is 0 Å². The van der Waals surface area contributed by atoms with Gasteiger partial charge in [0.1, 0.15) is 17.2 Å². The second kappa shape index (κ2) is 7.54. The zero-order chi connectivity index (χ0) is 18.7. The number of Topliss-reactive ketones (excluding diaryl/α,β-unsaturated/α-hetero) is 1. The number of rotatable bonds is 3. The number of amides is 1. The van der Waals surface area contributed by atoms with Gasteiger partial charge in [0.15, 0.2) is 0 Å². The number of ether oxygens (including phenoxy) is 1. The van der Waals surface area contributed by atoms with Gasteiger partial charge in [-0.2, -0.15) is 0 Å². The summed E-state index contributed by atoms with van der Waals surface area (Å²) in [5.41, 5.74) is -0.645. The quantitative estimate of drug-likeness (QED) is 0.814. The fourth-order valence-electron chi connectivity index (χ4n) is 3.09. The highest BCUT2D eigenvalue weighted by atomic mass is 19.1. The van der Waals surface area contributed by atoms with E-state index in [4.69, 9.17) is 4.74 Å². The summed E-state index contributed by atoms with van der Waals surface area (Å²) in [4.78, 5) is 26.7. The fraction of sp³-hybridized carbons (Fsp3) is 0.600. The van der Waals surface area contributed by atoms with E-state index in [-0.39, 0.29) is 24.1 Å². The van der Waals surface area contributed by atoms with Crippen molar-refractivity contribution in [2.75, 3.05) is 13.1 Å². The standard InChI is InChI=1S/C20H28FNO3/c1-19(2,3)25-18(24)22-12-7-10-20(4,11-13-22)17(23)14-15-8-5-6-9-16(15)21/h5-6,8-9H,7,10-14H2,1-4H3. The van der Waals surface area contributed by atoms with Crippen molar-refractivity contribution < 1.29 is 18.7 Å². The van der Waals surface area contributed by atoms with Crippen LogP contribution in [0.2, 0.25) is 0 Å². The Balaban J connectivity index is 2.01. The van der Waals surface area contributed by atoms with E-state index in [0.29, 0.717) is 31.5 Å². The Hall–Kier alpha value is -1.91. The third-order valence-corrected chi connectivity index (χ3v) is 4.72. The lowest BCUT2D eigenvalue weighted by Gasteiger charge is -2.28. The summed E-state index contributed by atoms with van der Waals surface area (Å²) in [6.45, 7) is 8.50. The molecule has 1 aliphatic heterocycles. The van der Waals surface area contributed by atoms with Crippen molar-refractivity contribution in [1.82, 2.24) is 4.90 Å². The predicted octanol–water partition coefficient (Wildman–Crippen LogP) is 4.36. The molecule has 1 unspecified atom stereocenters. The maximum Gasteiger partial charge on any atom is 0.410 e. The van der Waals surface area contributed by atoms with Crippen molar-refractivity contribution in [3.8, 4) is 0 Å². The average molecular weight is 349 g/mol. The lowest BCUT2D eigenvalue weighted by molar-refractivity contribution is -0.128. The van der Waals surface area contributed by atoms with Gasteiger partial charge in [0.25, 0.3) is 0 Å². The molecule has 1 saturated heterocycles. The molecule has 0 N–H and O–H groups in total. The zero-order valence-corrected chi connectivity index (χ0v) is 15.6. The Morgan fingerprint density at radius 2 is 1.88 bits per heavy atom. The van der Waals surface area contributed by atoms with Crippen LogP contribution >= 0.6 is 0 Å². The number of carbonyl (C=O) groups excluding carboxylic acids is 2. The van der Waals surface area contributed by atoms with Crippen molar-refractivity contribution in [2.24, 2.45) is 5.41 Å². The van der Waals surface area contributed by atoms with Crippen LogP contribution in [0.25, 0.3) is 0 Å². The normalized spacial score (nSPS) is 21.6. The molecule has 1 amide bonds. The Bertz CT molecular complexity index is 638. The molecule has 0 aromatic heterocycles. The number of benzene rings is 1. The molecule has 1 aromatic carbocycles. The van der Waals surface area contributed by atoms with Gasteiger partial charge in [-0.25, -0.2) is 9.18 Å². The predicted molar refractivity (Wildman–Crippen MR) is 94.9 cm³/mol. The van der Waals surface area contributed by atoms with Crippen molar-refractivity contribution in [3.63, 3.8) is 0 Å². The van der Waals surface area contributed by atoms with E-state index in [1.807, 2.05) is 27.7 Å². The molecule has 0 saturated carbocycles.